The molecule has 0 radical (unpaired) electrons. The van der Waals surface area contributed by atoms with Gasteiger partial charge in [0.15, 0.2) is 17.5 Å². The minimum Gasteiger partial charge on any atom is -0.482 e. The predicted molar refractivity (Wildman–Crippen MR) is 247 cm³/mol. The molecule has 0 bridgehead atoms. The fourth-order valence-electron chi connectivity index (χ4n) is 10.9. The molecule has 7 aromatic carbocycles. The number of benzene rings is 7. The molecule has 5 heteroatoms. The number of para-hydroxylation sites is 1. The Kier molecular flexibility index (Phi) is 7.25. The summed E-state index contributed by atoms with van der Waals surface area (Å²) in [5.41, 5.74) is 16.4. The Morgan fingerprint density at radius 2 is 1.30 bits per heavy atom. The second-order valence-corrected chi connectivity index (χ2v) is 17.4. The molecule has 0 fully saturated rings. The number of ether oxygens (including phenoxy) is 1. The van der Waals surface area contributed by atoms with Gasteiger partial charge < -0.3 is 9.64 Å². The van der Waals surface area contributed by atoms with Crippen molar-refractivity contribution in [3.63, 3.8) is 0 Å². The Labute approximate surface area is 355 Å². The number of anilines is 2. The minimum atomic E-state index is -0.349. The predicted octanol–water partition coefficient (Wildman–Crippen LogP) is 13.0. The van der Waals surface area contributed by atoms with Crippen LogP contribution in [-0.4, -0.2) is 27.1 Å². The molecule has 2 aliphatic heterocycles. The Balaban J connectivity index is 0.972. The normalized spacial score (nSPS) is 19.4. The largest absolute Gasteiger partial charge is 0.482 e. The van der Waals surface area contributed by atoms with Gasteiger partial charge in [0.2, 0.25) is 0 Å². The van der Waals surface area contributed by atoms with Crippen LogP contribution in [0.15, 0.2) is 170 Å². The molecule has 8 aromatic rings. The van der Waals surface area contributed by atoms with E-state index in [2.05, 4.69) is 177 Å². The number of hydrogen-bond donors (Lipinski definition) is 0. The highest BCUT2D eigenvalue weighted by atomic mass is 16.5. The number of aromatic nitrogens is 3. The maximum absolute atomic E-state index is 7.43. The monoisotopic (exact) mass is 784 g/mol. The van der Waals surface area contributed by atoms with Crippen molar-refractivity contribution in [2.75, 3.05) is 4.90 Å². The zero-order chi connectivity index (χ0) is 40.4. The van der Waals surface area contributed by atoms with Gasteiger partial charge in [-0.3, -0.25) is 0 Å². The van der Waals surface area contributed by atoms with Crippen LogP contribution in [0.5, 0.6) is 5.75 Å². The highest BCUT2D eigenvalue weighted by Gasteiger charge is 2.46. The second-order valence-electron chi connectivity index (χ2n) is 17.4. The average molecular weight is 785 g/mol. The van der Waals surface area contributed by atoms with Gasteiger partial charge in [0, 0.05) is 33.2 Å². The highest BCUT2D eigenvalue weighted by molar-refractivity contribution is 6.01. The van der Waals surface area contributed by atoms with Gasteiger partial charge in [-0.15, -0.1) is 0 Å². The molecule has 3 heterocycles. The minimum absolute atomic E-state index is 0.0502. The smallest absolute Gasteiger partial charge is 0.164 e. The van der Waals surface area contributed by atoms with Gasteiger partial charge >= 0.3 is 0 Å². The van der Waals surface area contributed by atoms with Crippen molar-refractivity contribution in [3.05, 3.63) is 209 Å². The quantitative estimate of drug-likeness (QED) is 0.178. The Morgan fingerprint density at radius 3 is 2.18 bits per heavy atom. The fourth-order valence-corrected chi connectivity index (χ4v) is 10.9. The van der Waals surface area contributed by atoms with Gasteiger partial charge in [0.25, 0.3) is 0 Å². The van der Waals surface area contributed by atoms with Crippen LogP contribution >= 0.6 is 0 Å². The molecular weight excluding hydrogens is 745 g/mol. The summed E-state index contributed by atoms with van der Waals surface area (Å²) in [6.07, 6.45) is 9.62. The van der Waals surface area contributed by atoms with E-state index in [4.69, 9.17) is 19.7 Å². The first kappa shape index (κ1) is 34.5. The van der Waals surface area contributed by atoms with E-state index in [1.54, 1.807) is 0 Å². The van der Waals surface area contributed by atoms with Crippen molar-refractivity contribution >= 4 is 39.4 Å². The van der Waals surface area contributed by atoms with E-state index in [0.29, 0.717) is 17.5 Å². The first-order chi connectivity index (χ1) is 30.0. The third-order valence-corrected chi connectivity index (χ3v) is 13.8. The van der Waals surface area contributed by atoms with E-state index in [1.165, 1.54) is 61.0 Å². The van der Waals surface area contributed by atoms with E-state index in [9.17, 15) is 0 Å². The molecule has 0 amide bonds. The highest BCUT2D eigenvalue weighted by Crippen LogP contribution is 2.58. The molecule has 0 saturated heterocycles. The Bertz CT molecular complexity index is 3270. The molecule has 1 aromatic heterocycles. The van der Waals surface area contributed by atoms with Crippen LogP contribution in [0.4, 0.5) is 11.4 Å². The van der Waals surface area contributed by atoms with Gasteiger partial charge in [-0.2, -0.15) is 0 Å². The summed E-state index contributed by atoms with van der Waals surface area (Å²) >= 11 is 0. The number of nitrogens with zero attached hydrogens (tertiary/aromatic N) is 4. The number of fused-ring (bicyclic) bond motifs is 12. The molecule has 61 heavy (non-hydrogen) atoms. The summed E-state index contributed by atoms with van der Waals surface area (Å²) in [7, 11) is 0. The summed E-state index contributed by atoms with van der Waals surface area (Å²) in [6.45, 7) is 4.63. The molecule has 0 N–H and O–H groups in total. The van der Waals surface area contributed by atoms with E-state index in [1.807, 2.05) is 18.2 Å². The summed E-state index contributed by atoms with van der Waals surface area (Å²) in [6, 6.07) is 54.8. The van der Waals surface area contributed by atoms with Gasteiger partial charge in [-0.05, 0) is 86.5 Å². The summed E-state index contributed by atoms with van der Waals surface area (Å²) in [5.74, 6) is 2.79. The van der Waals surface area contributed by atoms with Gasteiger partial charge in [0.1, 0.15) is 11.9 Å². The van der Waals surface area contributed by atoms with Crippen LogP contribution in [0.1, 0.15) is 65.4 Å². The molecule has 0 spiro atoms. The second kappa shape index (κ2) is 12.8. The third-order valence-electron chi connectivity index (χ3n) is 13.8. The van der Waals surface area contributed by atoms with Crippen LogP contribution in [-0.2, 0) is 5.41 Å². The molecule has 3 atom stereocenters. The lowest BCUT2D eigenvalue weighted by Crippen LogP contribution is -2.28. The molecule has 5 nitrogen and oxygen atoms in total. The maximum Gasteiger partial charge on any atom is 0.164 e. The standard InChI is InChI=1S/C56H40N4O/c1-56(2)45-24-12-10-21-39(45)40-28-27-37(31-46(40)56)54-57-53(33-15-4-3-5-16-33)58-55(59-54)44-30-36-19-8-9-20-38(36)50-42-23-14-26-48(51(42)61-52(44)50)60-47-25-13-11-22-41(47)43-29-34-17-6-7-18-35(34)32-49(43)60/h3-24,26-32,47,50,52H,25H2,1-2H3. The fraction of sp³-hybridized carbons (Fsp3) is 0.125. The van der Waals surface area contributed by atoms with E-state index in [-0.39, 0.29) is 23.5 Å². The molecule has 290 valence electrons. The molecule has 0 saturated carbocycles. The molecule has 5 aliphatic rings. The van der Waals surface area contributed by atoms with Crippen molar-refractivity contribution in [2.45, 2.75) is 43.7 Å². The summed E-state index contributed by atoms with van der Waals surface area (Å²) < 4.78 is 7.43. The van der Waals surface area contributed by atoms with Gasteiger partial charge in [-0.25, -0.2) is 15.0 Å². The Hall–Kier alpha value is -7.37. The molecular formula is C56H40N4O. The SMILES string of the molecule is CC1(C)c2ccccc2-c2ccc(-c3nc(C4=Cc5ccccc5C5c6cccc(N7c8cc9ccccc9cc8C8=CC=CCC87)c6OC45)nc(-c4ccccc4)n3)cc21. The summed E-state index contributed by atoms with van der Waals surface area (Å²) in [5, 5.41) is 2.49. The molecule has 3 unspecified atom stereocenters. The first-order valence-corrected chi connectivity index (χ1v) is 21.4. The van der Waals surface area contributed by atoms with E-state index in [0.717, 1.165) is 40.1 Å². The van der Waals surface area contributed by atoms with Gasteiger partial charge in [-0.1, -0.05) is 159 Å². The lowest BCUT2D eigenvalue weighted by Gasteiger charge is -2.30. The van der Waals surface area contributed by atoms with Crippen molar-refractivity contribution < 1.29 is 4.74 Å². The van der Waals surface area contributed by atoms with Crippen molar-refractivity contribution in [3.8, 4) is 39.7 Å². The maximum atomic E-state index is 7.43. The molecule has 3 aliphatic carbocycles. The zero-order valence-corrected chi connectivity index (χ0v) is 33.9. The van der Waals surface area contributed by atoms with Crippen LogP contribution in [0.25, 0.3) is 61.9 Å². The summed E-state index contributed by atoms with van der Waals surface area (Å²) in [4.78, 5) is 18.4. The van der Waals surface area contributed by atoms with Crippen molar-refractivity contribution in [1.29, 1.82) is 0 Å². The van der Waals surface area contributed by atoms with Crippen LogP contribution in [0, 0.1) is 0 Å². The van der Waals surface area contributed by atoms with E-state index < -0.39 is 0 Å². The first-order valence-electron chi connectivity index (χ1n) is 21.4. The lowest BCUT2D eigenvalue weighted by atomic mass is 9.78. The number of hydrogen-bond acceptors (Lipinski definition) is 5. The zero-order valence-electron chi connectivity index (χ0n) is 33.9. The lowest BCUT2D eigenvalue weighted by molar-refractivity contribution is 0.276. The topological polar surface area (TPSA) is 51.1 Å². The van der Waals surface area contributed by atoms with Crippen LogP contribution in [0.3, 0.4) is 0 Å². The van der Waals surface area contributed by atoms with Crippen LogP contribution in [0.2, 0.25) is 0 Å². The van der Waals surface area contributed by atoms with Crippen LogP contribution < -0.4 is 9.64 Å². The van der Waals surface area contributed by atoms with Gasteiger partial charge in [0.05, 0.1) is 23.3 Å². The Morgan fingerprint density at radius 1 is 0.574 bits per heavy atom. The third kappa shape index (κ3) is 5.04. The number of allylic oxidation sites excluding steroid dienone is 2. The average Bonchev–Trinajstić information content (AvgIpc) is 3.94. The van der Waals surface area contributed by atoms with Crippen molar-refractivity contribution in [1.82, 2.24) is 15.0 Å². The van der Waals surface area contributed by atoms with E-state index >= 15 is 0 Å². The number of rotatable bonds is 4. The molecule has 13 rings (SSSR count). The van der Waals surface area contributed by atoms with Crippen molar-refractivity contribution in [2.24, 2.45) is 0 Å².